The van der Waals surface area contributed by atoms with Gasteiger partial charge in [-0.3, -0.25) is 4.79 Å². The Morgan fingerprint density at radius 2 is 1.92 bits per heavy atom. The summed E-state index contributed by atoms with van der Waals surface area (Å²) in [5, 5.41) is 13.4. The third-order valence-electron chi connectivity index (χ3n) is 5.14. The fourth-order valence-electron chi connectivity index (χ4n) is 3.21. The Morgan fingerprint density at radius 1 is 1.24 bits per heavy atom. The van der Waals surface area contributed by atoms with Gasteiger partial charge in [0, 0.05) is 22.6 Å². The number of aliphatic hydroxyl groups is 1. The van der Waals surface area contributed by atoms with E-state index in [4.69, 9.17) is 0 Å². The lowest BCUT2D eigenvalue weighted by Crippen LogP contribution is -2.45. The predicted molar refractivity (Wildman–Crippen MR) is 103 cm³/mol. The fraction of sp³-hybridized carbons (Fsp3) is 0.381. The molecule has 25 heavy (non-hydrogen) atoms. The minimum atomic E-state index is -0.516. The molecule has 0 aromatic heterocycles. The first-order valence-electron chi connectivity index (χ1n) is 8.71. The number of fused-ring (bicyclic) bond motifs is 1. The fourth-order valence-corrected chi connectivity index (χ4v) is 4.44. The van der Waals surface area contributed by atoms with E-state index in [1.165, 1.54) is 10.5 Å². The molecule has 0 saturated carbocycles. The summed E-state index contributed by atoms with van der Waals surface area (Å²) in [6.45, 7) is 4.29. The van der Waals surface area contributed by atoms with Crippen molar-refractivity contribution in [3.63, 3.8) is 0 Å². The second-order valence-corrected chi connectivity index (χ2v) is 8.17. The van der Waals surface area contributed by atoms with E-state index in [-0.39, 0.29) is 11.8 Å². The number of benzene rings is 2. The average molecular weight is 356 g/mol. The molecule has 0 aliphatic carbocycles. The number of hydrogen-bond donors (Lipinski definition) is 2. The van der Waals surface area contributed by atoms with Crippen LogP contribution in [-0.2, 0) is 11.2 Å². The monoisotopic (exact) mass is 355 g/mol. The predicted octanol–water partition coefficient (Wildman–Crippen LogP) is 3.62. The first-order valence-corrected chi connectivity index (χ1v) is 9.69. The number of aliphatic hydroxyl groups excluding tert-OH is 1. The Morgan fingerprint density at radius 3 is 2.64 bits per heavy atom. The minimum absolute atomic E-state index is 0.0531. The molecule has 0 saturated heterocycles. The lowest BCUT2D eigenvalue weighted by atomic mass is 9.79. The number of thioether (sulfide) groups is 1. The number of amides is 1. The molecule has 0 fully saturated rings. The number of carbonyl (C=O) groups is 1. The molecule has 0 radical (unpaired) electrons. The van der Waals surface area contributed by atoms with Crippen LogP contribution < -0.4 is 5.32 Å². The maximum Gasteiger partial charge on any atom is 0.228 e. The number of rotatable bonds is 6. The molecule has 3 rings (SSSR count). The third kappa shape index (κ3) is 4.07. The van der Waals surface area contributed by atoms with E-state index in [1.54, 1.807) is 18.7 Å². The largest absolute Gasteiger partial charge is 0.393 e. The first kappa shape index (κ1) is 18.0. The van der Waals surface area contributed by atoms with Gasteiger partial charge in [-0.05, 0) is 30.5 Å². The summed E-state index contributed by atoms with van der Waals surface area (Å²) in [7, 11) is 0. The Hall–Kier alpha value is -1.78. The Kier molecular flexibility index (Phi) is 5.50. The van der Waals surface area contributed by atoms with Gasteiger partial charge >= 0.3 is 0 Å². The van der Waals surface area contributed by atoms with E-state index in [0.717, 1.165) is 17.7 Å². The van der Waals surface area contributed by atoms with Crippen LogP contribution in [0.2, 0.25) is 0 Å². The molecule has 2 aromatic rings. The molecule has 4 heteroatoms. The van der Waals surface area contributed by atoms with E-state index >= 15 is 0 Å². The summed E-state index contributed by atoms with van der Waals surface area (Å²) in [5.74, 6) is 0.739. The van der Waals surface area contributed by atoms with E-state index in [0.29, 0.717) is 6.54 Å². The molecule has 3 nitrogen and oxygen atoms in total. The van der Waals surface area contributed by atoms with Gasteiger partial charge in [0.15, 0.2) is 0 Å². The van der Waals surface area contributed by atoms with Crippen LogP contribution in [0.5, 0.6) is 0 Å². The zero-order valence-electron chi connectivity index (χ0n) is 14.7. The molecule has 132 valence electrons. The van der Waals surface area contributed by atoms with E-state index in [9.17, 15) is 9.90 Å². The van der Waals surface area contributed by atoms with Crippen molar-refractivity contribution in [2.24, 2.45) is 5.41 Å². The highest BCUT2D eigenvalue weighted by Gasteiger charge is 2.34. The molecule has 1 aliphatic heterocycles. The summed E-state index contributed by atoms with van der Waals surface area (Å²) in [6, 6.07) is 18.2. The first-order chi connectivity index (χ1) is 12.0. The molecule has 3 atom stereocenters. The molecule has 1 aliphatic rings. The van der Waals surface area contributed by atoms with Gasteiger partial charge in [0.1, 0.15) is 0 Å². The summed E-state index contributed by atoms with van der Waals surface area (Å²) in [6.07, 6.45) is 0.208. The normalized spacial score (nSPS) is 19.7. The van der Waals surface area contributed by atoms with Crippen molar-refractivity contribution in [2.75, 3.05) is 12.3 Å². The van der Waals surface area contributed by atoms with Crippen molar-refractivity contribution in [1.29, 1.82) is 0 Å². The second-order valence-electron chi connectivity index (χ2n) is 7.11. The Balaban J connectivity index is 1.67. The minimum Gasteiger partial charge on any atom is -0.393 e. The Labute approximate surface area is 153 Å². The maximum absolute atomic E-state index is 12.7. The standard InChI is InChI=1S/C21H25NO2S/c1-15(23)21(2,12-16-8-4-3-5-9-16)14-22-20(24)18-13-25-19-11-7-6-10-17(18)19/h3-11,15,18,23H,12-14H2,1-2H3,(H,22,24)/t15-,18-,21-/m0/s1. The van der Waals surface area contributed by atoms with Gasteiger partial charge < -0.3 is 10.4 Å². The highest BCUT2D eigenvalue weighted by molar-refractivity contribution is 7.99. The summed E-state index contributed by atoms with van der Waals surface area (Å²) in [4.78, 5) is 13.9. The van der Waals surface area contributed by atoms with Gasteiger partial charge in [0.2, 0.25) is 5.91 Å². The SMILES string of the molecule is C[C@H](O)[C@](C)(CNC(=O)[C@H]1CSc2ccccc21)Cc1ccccc1. The average Bonchev–Trinajstić information content (AvgIpc) is 3.04. The van der Waals surface area contributed by atoms with E-state index in [2.05, 4.69) is 23.5 Å². The molecule has 0 spiro atoms. The van der Waals surface area contributed by atoms with Crippen LogP contribution in [0.15, 0.2) is 59.5 Å². The van der Waals surface area contributed by atoms with Crippen molar-refractivity contribution in [1.82, 2.24) is 5.32 Å². The van der Waals surface area contributed by atoms with Crippen molar-refractivity contribution in [3.8, 4) is 0 Å². The lowest BCUT2D eigenvalue weighted by Gasteiger charge is -2.33. The van der Waals surface area contributed by atoms with Crippen molar-refractivity contribution >= 4 is 17.7 Å². The van der Waals surface area contributed by atoms with Crippen molar-refractivity contribution in [3.05, 3.63) is 65.7 Å². The highest BCUT2D eigenvalue weighted by Crippen LogP contribution is 2.39. The molecule has 0 bridgehead atoms. The number of nitrogens with one attached hydrogen (secondary N) is 1. The zero-order chi connectivity index (χ0) is 17.9. The van der Waals surface area contributed by atoms with Crippen LogP contribution >= 0.6 is 11.8 Å². The van der Waals surface area contributed by atoms with E-state index in [1.807, 2.05) is 43.3 Å². The van der Waals surface area contributed by atoms with Gasteiger partial charge in [-0.1, -0.05) is 55.5 Å². The van der Waals surface area contributed by atoms with Crippen LogP contribution in [-0.4, -0.2) is 29.4 Å². The van der Waals surface area contributed by atoms with Crippen LogP contribution in [0.25, 0.3) is 0 Å². The molecule has 0 unspecified atom stereocenters. The van der Waals surface area contributed by atoms with Gasteiger partial charge in [0.05, 0.1) is 12.0 Å². The summed E-state index contributed by atoms with van der Waals surface area (Å²) in [5.41, 5.74) is 1.89. The molecule has 1 heterocycles. The zero-order valence-corrected chi connectivity index (χ0v) is 15.6. The maximum atomic E-state index is 12.7. The van der Waals surface area contributed by atoms with Crippen LogP contribution in [0.4, 0.5) is 0 Å². The highest BCUT2D eigenvalue weighted by atomic mass is 32.2. The molecule has 2 aromatic carbocycles. The topological polar surface area (TPSA) is 49.3 Å². The quantitative estimate of drug-likeness (QED) is 0.832. The summed E-state index contributed by atoms with van der Waals surface area (Å²) >= 11 is 1.74. The lowest BCUT2D eigenvalue weighted by molar-refractivity contribution is -0.122. The third-order valence-corrected chi connectivity index (χ3v) is 6.33. The van der Waals surface area contributed by atoms with E-state index < -0.39 is 11.5 Å². The van der Waals surface area contributed by atoms with Gasteiger partial charge in [0.25, 0.3) is 0 Å². The smallest absolute Gasteiger partial charge is 0.228 e. The summed E-state index contributed by atoms with van der Waals surface area (Å²) < 4.78 is 0. The second kappa shape index (κ2) is 7.63. The van der Waals surface area contributed by atoms with Gasteiger partial charge in [-0.2, -0.15) is 0 Å². The molecule has 1 amide bonds. The molecular weight excluding hydrogens is 330 g/mol. The Bertz CT molecular complexity index is 732. The van der Waals surface area contributed by atoms with Crippen molar-refractivity contribution < 1.29 is 9.90 Å². The van der Waals surface area contributed by atoms with Crippen LogP contribution in [0, 0.1) is 5.41 Å². The van der Waals surface area contributed by atoms with Crippen molar-refractivity contribution in [2.45, 2.75) is 37.2 Å². The number of hydrogen-bond acceptors (Lipinski definition) is 3. The molecular formula is C21H25NO2S. The van der Waals surface area contributed by atoms with Crippen LogP contribution in [0.1, 0.15) is 30.9 Å². The van der Waals surface area contributed by atoms with Crippen LogP contribution in [0.3, 0.4) is 0 Å². The van der Waals surface area contributed by atoms with Gasteiger partial charge in [-0.25, -0.2) is 0 Å². The number of carbonyl (C=O) groups excluding carboxylic acids is 1. The van der Waals surface area contributed by atoms with Gasteiger partial charge in [-0.15, -0.1) is 11.8 Å². The molecule has 2 N–H and O–H groups in total.